The number of aromatic hydroxyl groups is 1. The first-order chi connectivity index (χ1) is 11.2. The molecule has 0 aliphatic heterocycles. The third kappa shape index (κ3) is 5.53. The third-order valence-electron chi connectivity index (χ3n) is 3.70. The van der Waals surface area contributed by atoms with Gasteiger partial charge in [-0.25, -0.2) is 4.57 Å². The molecule has 8 heteroatoms. The number of nitrogens with zero attached hydrogens (tertiary/aromatic N) is 1. The predicted molar refractivity (Wildman–Crippen MR) is 90.1 cm³/mol. The van der Waals surface area contributed by atoms with Crippen LogP contribution in [0.4, 0.5) is 0 Å². The van der Waals surface area contributed by atoms with E-state index in [1.165, 1.54) is 0 Å². The van der Waals surface area contributed by atoms with Gasteiger partial charge in [-0.3, -0.25) is 0 Å². The standard InChI is InChI=1S/C16H20NO6P/c18-12-7-5-11(6-8-12)3-1-2-4-14-15(17-24(21,22)23)9-13(19)10-16(14)20/h5-10,14,18-20H,1-4H2,(H2,21,22,23). The van der Waals surface area contributed by atoms with Crippen LogP contribution >= 0.6 is 7.75 Å². The lowest BCUT2D eigenvalue weighted by Gasteiger charge is -2.20. The molecule has 1 aromatic rings. The molecule has 0 bridgehead atoms. The molecular formula is C16H20NO6P. The summed E-state index contributed by atoms with van der Waals surface area (Å²) in [7, 11) is -4.65. The second-order valence-electron chi connectivity index (χ2n) is 5.64. The quantitative estimate of drug-likeness (QED) is 0.394. The molecule has 7 nitrogen and oxygen atoms in total. The van der Waals surface area contributed by atoms with Crippen molar-refractivity contribution in [1.29, 1.82) is 0 Å². The van der Waals surface area contributed by atoms with Crippen LogP contribution in [0.1, 0.15) is 24.8 Å². The number of hydrogen-bond acceptors (Lipinski definition) is 4. The van der Waals surface area contributed by atoms with Crippen molar-refractivity contribution in [3.8, 4) is 5.75 Å². The Bertz CT molecular complexity index is 717. The van der Waals surface area contributed by atoms with Gasteiger partial charge in [-0.15, -0.1) is 0 Å². The number of hydrogen-bond donors (Lipinski definition) is 5. The van der Waals surface area contributed by atoms with Crippen LogP contribution in [-0.2, 0) is 11.0 Å². The summed E-state index contributed by atoms with van der Waals surface area (Å²) >= 11 is 0. The Morgan fingerprint density at radius 3 is 2.29 bits per heavy atom. The van der Waals surface area contributed by atoms with Crippen molar-refractivity contribution < 1.29 is 29.7 Å². The van der Waals surface area contributed by atoms with E-state index in [-0.39, 0.29) is 23.0 Å². The maximum Gasteiger partial charge on any atom is 0.448 e. The summed E-state index contributed by atoms with van der Waals surface area (Å²) in [4.78, 5) is 18.0. The second kappa shape index (κ2) is 7.66. The van der Waals surface area contributed by atoms with Crippen LogP contribution in [0.15, 0.2) is 52.7 Å². The Kier molecular flexibility index (Phi) is 5.83. The van der Waals surface area contributed by atoms with E-state index in [0.717, 1.165) is 30.6 Å². The fourth-order valence-electron chi connectivity index (χ4n) is 2.58. The molecule has 0 fully saturated rings. The first kappa shape index (κ1) is 18.3. The molecule has 1 aliphatic carbocycles. The Balaban J connectivity index is 1.96. The van der Waals surface area contributed by atoms with Gasteiger partial charge in [0.2, 0.25) is 0 Å². The number of benzene rings is 1. The number of aliphatic hydroxyl groups is 2. The number of unbranched alkanes of at least 4 members (excludes halogenated alkanes) is 1. The highest BCUT2D eigenvalue weighted by atomic mass is 31.2. The van der Waals surface area contributed by atoms with Crippen LogP contribution in [0.2, 0.25) is 0 Å². The summed E-state index contributed by atoms with van der Waals surface area (Å²) in [6, 6.07) is 6.89. The molecule has 1 atom stereocenters. The van der Waals surface area contributed by atoms with Crippen molar-refractivity contribution in [2.45, 2.75) is 25.7 Å². The summed E-state index contributed by atoms with van der Waals surface area (Å²) in [5.41, 5.74) is 1.04. The van der Waals surface area contributed by atoms with Gasteiger partial charge in [-0.2, -0.15) is 4.76 Å². The summed E-state index contributed by atoms with van der Waals surface area (Å²) < 4.78 is 14.4. The van der Waals surface area contributed by atoms with Gasteiger partial charge in [0.25, 0.3) is 0 Å². The molecular weight excluding hydrogens is 333 g/mol. The molecule has 0 heterocycles. The van der Waals surface area contributed by atoms with E-state index in [0.29, 0.717) is 12.8 Å². The maximum atomic E-state index is 11.1. The summed E-state index contributed by atoms with van der Waals surface area (Å²) in [5, 5.41) is 28.7. The van der Waals surface area contributed by atoms with Crippen LogP contribution in [0, 0.1) is 5.92 Å². The van der Waals surface area contributed by atoms with Crippen LogP contribution in [0.25, 0.3) is 0 Å². The minimum Gasteiger partial charge on any atom is -0.511 e. The van der Waals surface area contributed by atoms with E-state index in [9.17, 15) is 19.9 Å². The lowest BCUT2D eigenvalue weighted by Crippen LogP contribution is -2.19. The smallest absolute Gasteiger partial charge is 0.448 e. The van der Waals surface area contributed by atoms with Crippen LogP contribution in [0.3, 0.4) is 0 Å². The molecule has 0 saturated heterocycles. The average molecular weight is 353 g/mol. The van der Waals surface area contributed by atoms with Crippen LogP contribution in [0.5, 0.6) is 5.75 Å². The highest BCUT2D eigenvalue weighted by Gasteiger charge is 2.26. The van der Waals surface area contributed by atoms with E-state index in [1.54, 1.807) is 12.1 Å². The molecule has 0 amide bonds. The number of rotatable bonds is 6. The SMILES string of the molecule is O=P(O)(O)N=C1C=C(O)C=C(O)C1CCCCc1ccc(O)cc1. The van der Waals surface area contributed by atoms with Crippen molar-refractivity contribution >= 4 is 13.5 Å². The van der Waals surface area contributed by atoms with Crippen molar-refractivity contribution in [2.75, 3.05) is 0 Å². The molecule has 0 radical (unpaired) electrons. The molecule has 1 unspecified atom stereocenters. The fourth-order valence-corrected chi connectivity index (χ4v) is 3.08. The molecule has 2 rings (SSSR count). The Morgan fingerprint density at radius 2 is 1.67 bits per heavy atom. The highest BCUT2D eigenvalue weighted by Crippen LogP contribution is 2.39. The van der Waals surface area contributed by atoms with E-state index in [2.05, 4.69) is 4.76 Å². The van der Waals surface area contributed by atoms with Gasteiger partial charge in [-0.1, -0.05) is 18.6 Å². The van der Waals surface area contributed by atoms with E-state index in [1.807, 2.05) is 12.1 Å². The molecule has 5 N–H and O–H groups in total. The van der Waals surface area contributed by atoms with Gasteiger partial charge in [0.15, 0.2) is 0 Å². The lowest BCUT2D eigenvalue weighted by atomic mass is 9.90. The zero-order valence-electron chi connectivity index (χ0n) is 12.9. The Hall–Kier alpha value is -2.08. The van der Waals surface area contributed by atoms with E-state index >= 15 is 0 Å². The third-order valence-corrected chi connectivity index (χ3v) is 4.19. The maximum absolute atomic E-state index is 11.1. The number of aryl methyl sites for hydroxylation is 1. The number of allylic oxidation sites excluding steroid dienone is 3. The van der Waals surface area contributed by atoms with Gasteiger partial charge < -0.3 is 25.1 Å². The zero-order chi connectivity index (χ0) is 17.7. The molecule has 1 aliphatic rings. The van der Waals surface area contributed by atoms with E-state index in [4.69, 9.17) is 9.79 Å². The summed E-state index contributed by atoms with van der Waals surface area (Å²) in [6.07, 6.45) is 5.03. The van der Waals surface area contributed by atoms with Crippen LogP contribution < -0.4 is 0 Å². The Morgan fingerprint density at radius 1 is 1.00 bits per heavy atom. The van der Waals surface area contributed by atoms with Gasteiger partial charge in [-0.05, 0) is 37.0 Å². The largest absolute Gasteiger partial charge is 0.511 e. The number of aliphatic hydroxyl groups excluding tert-OH is 2. The molecule has 0 aromatic heterocycles. The second-order valence-corrected chi connectivity index (χ2v) is 6.87. The zero-order valence-corrected chi connectivity index (χ0v) is 13.8. The van der Waals surface area contributed by atoms with Gasteiger partial charge >= 0.3 is 7.75 Å². The monoisotopic (exact) mass is 353 g/mol. The molecule has 24 heavy (non-hydrogen) atoms. The number of phenolic OH excluding ortho intramolecular Hbond substituents is 1. The molecule has 130 valence electrons. The van der Waals surface area contributed by atoms with Crippen molar-refractivity contribution in [3.63, 3.8) is 0 Å². The Labute approximate surface area is 139 Å². The van der Waals surface area contributed by atoms with Gasteiger partial charge in [0.1, 0.15) is 17.3 Å². The highest BCUT2D eigenvalue weighted by molar-refractivity contribution is 7.50. The summed E-state index contributed by atoms with van der Waals surface area (Å²) in [5.74, 6) is -0.888. The van der Waals surface area contributed by atoms with E-state index < -0.39 is 13.7 Å². The first-order valence-electron chi connectivity index (χ1n) is 7.49. The van der Waals surface area contributed by atoms with Gasteiger partial charge in [0, 0.05) is 12.2 Å². The average Bonchev–Trinajstić information content (AvgIpc) is 2.45. The topological polar surface area (TPSA) is 131 Å². The fraction of sp³-hybridized carbons (Fsp3) is 0.312. The van der Waals surface area contributed by atoms with Crippen LogP contribution in [-0.4, -0.2) is 30.8 Å². The van der Waals surface area contributed by atoms with Crippen molar-refractivity contribution in [3.05, 3.63) is 53.5 Å². The molecule has 1 aromatic carbocycles. The first-order valence-corrected chi connectivity index (χ1v) is 9.06. The van der Waals surface area contributed by atoms with Gasteiger partial charge in [0.05, 0.1) is 11.6 Å². The lowest BCUT2D eigenvalue weighted by molar-refractivity contribution is 0.339. The van der Waals surface area contributed by atoms with Crippen molar-refractivity contribution in [2.24, 2.45) is 10.7 Å². The minimum atomic E-state index is -4.65. The minimum absolute atomic E-state index is 0.0227. The predicted octanol–water partition coefficient (Wildman–Crippen LogP) is 3.15. The number of phenols is 1. The summed E-state index contributed by atoms with van der Waals surface area (Å²) in [6.45, 7) is 0. The normalized spacial score (nSPS) is 19.9. The van der Waals surface area contributed by atoms with Crippen molar-refractivity contribution in [1.82, 2.24) is 0 Å². The molecule has 0 spiro atoms. The molecule has 0 saturated carbocycles.